The monoisotopic (exact) mass is 329 g/mol. The quantitative estimate of drug-likeness (QED) is 0.618. The summed E-state index contributed by atoms with van der Waals surface area (Å²) in [6, 6.07) is 5.29. The lowest BCUT2D eigenvalue weighted by Crippen LogP contribution is -2.25. The van der Waals surface area contributed by atoms with Gasteiger partial charge >= 0.3 is 0 Å². The normalized spacial score (nSPS) is 11.8. The van der Waals surface area contributed by atoms with E-state index in [1.54, 1.807) is 18.2 Å². The van der Waals surface area contributed by atoms with E-state index in [4.69, 9.17) is 9.47 Å². The molecule has 0 aliphatic heterocycles. The highest BCUT2D eigenvalue weighted by atomic mass is 79.9. The Bertz CT molecular complexity index is 399. The Morgan fingerprint density at radius 2 is 1.89 bits per heavy atom. The van der Waals surface area contributed by atoms with Crippen LogP contribution >= 0.6 is 15.9 Å². The van der Waals surface area contributed by atoms with Crippen molar-refractivity contribution >= 4 is 21.8 Å². The van der Waals surface area contributed by atoms with Crippen LogP contribution in [-0.4, -0.2) is 31.5 Å². The summed E-state index contributed by atoms with van der Waals surface area (Å²) in [7, 11) is 3.08. The number of benzene rings is 1. The molecule has 1 N–H and O–H groups in total. The first-order valence-corrected chi connectivity index (χ1v) is 7.15. The van der Waals surface area contributed by atoms with Gasteiger partial charge in [0.05, 0.1) is 14.2 Å². The molecule has 1 atom stereocenters. The Morgan fingerprint density at radius 3 is 2.37 bits per heavy atom. The largest absolute Gasteiger partial charge is 0.496 e. The number of rotatable bonds is 7. The van der Waals surface area contributed by atoms with Crippen LogP contribution in [0.5, 0.6) is 11.5 Å². The smallest absolute Gasteiger partial charge is 0.258 e. The molecular weight excluding hydrogens is 310 g/mol. The van der Waals surface area contributed by atoms with Crippen molar-refractivity contribution in [3.05, 3.63) is 23.8 Å². The van der Waals surface area contributed by atoms with Crippen LogP contribution in [0, 0.1) is 0 Å². The van der Waals surface area contributed by atoms with E-state index in [0.29, 0.717) is 28.4 Å². The Kier molecular flexibility index (Phi) is 6.70. The van der Waals surface area contributed by atoms with Gasteiger partial charge in [0.15, 0.2) is 0 Å². The Balaban J connectivity index is 2.70. The van der Waals surface area contributed by atoms with Gasteiger partial charge in [-0.15, -0.1) is 0 Å². The van der Waals surface area contributed by atoms with E-state index in [1.165, 1.54) is 14.2 Å². The molecule has 106 valence electrons. The number of hydrogen-bond donors (Lipinski definition) is 1. The number of alkyl halides is 1. The summed E-state index contributed by atoms with van der Waals surface area (Å²) in [5.41, 5.74) is 0.444. The summed E-state index contributed by atoms with van der Waals surface area (Å²) in [5, 5.41) is 2.88. The van der Waals surface area contributed by atoms with E-state index in [2.05, 4.69) is 28.2 Å². The van der Waals surface area contributed by atoms with Gasteiger partial charge in [-0.25, -0.2) is 0 Å². The van der Waals surface area contributed by atoms with Crippen LogP contribution in [0.25, 0.3) is 0 Å². The Hall–Kier alpha value is -1.23. The van der Waals surface area contributed by atoms with Crippen LogP contribution in [0.3, 0.4) is 0 Å². The maximum absolute atomic E-state index is 12.2. The molecule has 1 unspecified atom stereocenters. The van der Waals surface area contributed by atoms with Crippen molar-refractivity contribution in [1.29, 1.82) is 0 Å². The first kappa shape index (κ1) is 15.8. The summed E-state index contributed by atoms with van der Waals surface area (Å²) in [5.74, 6) is 0.868. The van der Waals surface area contributed by atoms with Gasteiger partial charge in [0, 0.05) is 11.4 Å². The molecule has 0 aliphatic rings. The van der Waals surface area contributed by atoms with Crippen molar-refractivity contribution in [3.63, 3.8) is 0 Å². The molecule has 0 heterocycles. The molecule has 5 heteroatoms. The van der Waals surface area contributed by atoms with Crippen molar-refractivity contribution in [2.24, 2.45) is 0 Å². The Labute approximate surface area is 122 Å². The van der Waals surface area contributed by atoms with Gasteiger partial charge in [-0.1, -0.05) is 28.9 Å². The second kappa shape index (κ2) is 8.04. The number of hydrogen-bond acceptors (Lipinski definition) is 3. The van der Waals surface area contributed by atoms with E-state index in [1.807, 2.05) is 0 Å². The van der Waals surface area contributed by atoms with E-state index in [0.717, 1.165) is 12.8 Å². The summed E-state index contributed by atoms with van der Waals surface area (Å²) >= 11 is 3.48. The lowest BCUT2D eigenvalue weighted by molar-refractivity contribution is 0.0946. The average molecular weight is 330 g/mol. The molecule has 0 fully saturated rings. The molecule has 0 aromatic heterocycles. The second-order valence-electron chi connectivity index (χ2n) is 4.22. The third-order valence-electron chi connectivity index (χ3n) is 2.72. The molecule has 0 bridgehead atoms. The zero-order valence-electron chi connectivity index (χ0n) is 11.5. The molecule has 0 aliphatic carbocycles. The molecule has 0 saturated carbocycles. The summed E-state index contributed by atoms with van der Waals surface area (Å²) in [6.45, 7) is 2.72. The van der Waals surface area contributed by atoms with Gasteiger partial charge in [-0.2, -0.15) is 0 Å². The minimum atomic E-state index is -0.170. The highest BCUT2D eigenvalue weighted by molar-refractivity contribution is 9.09. The molecular formula is C14H20BrNO3. The Morgan fingerprint density at radius 1 is 1.32 bits per heavy atom. The van der Waals surface area contributed by atoms with Crippen molar-refractivity contribution < 1.29 is 14.3 Å². The SMILES string of the molecule is COc1cccc(OC)c1C(=O)NCCCC(C)Br. The van der Waals surface area contributed by atoms with Crippen molar-refractivity contribution in [2.75, 3.05) is 20.8 Å². The number of halogens is 1. The predicted molar refractivity (Wildman–Crippen MR) is 79.5 cm³/mol. The average Bonchev–Trinajstić information content (AvgIpc) is 2.42. The third kappa shape index (κ3) is 4.74. The maximum Gasteiger partial charge on any atom is 0.258 e. The predicted octanol–water partition coefficient (Wildman–Crippen LogP) is 3.00. The summed E-state index contributed by atoms with van der Waals surface area (Å²) in [4.78, 5) is 12.6. The minimum Gasteiger partial charge on any atom is -0.496 e. The van der Waals surface area contributed by atoms with Crippen molar-refractivity contribution in [3.8, 4) is 11.5 Å². The minimum absolute atomic E-state index is 0.170. The van der Waals surface area contributed by atoms with Gasteiger partial charge in [-0.3, -0.25) is 4.79 Å². The van der Waals surface area contributed by atoms with E-state index >= 15 is 0 Å². The highest BCUT2D eigenvalue weighted by Crippen LogP contribution is 2.27. The number of carbonyl (C=O) groups excluding carboxylic acids is 1. The summed E-state index contributed by atoms with van der Waals surface area (Å²) < 4.78 is 10.4. The fraction of sp³-hybridized carbons (Fsp3) is 0.500. The number of methoxy groups -OCH3 is 2. The van der Waals surface area contributed by atoms with Crippen LogP contribution < -0.4 is 14.8 Å². The molecule has 1 amide bonds. The fourth-order valence-electron chi connectivity index (χ4n) is 1.75. The number of carbonyl (C=O) groups is 1. The topological polar surface area (TPSA) is 47.6 Å². The first-order valence-electron chi connectivity index (χ1n) is 6.23. The zero-order valence-corrected chi connectivity index (χ0v) is 13.1. The van der Waals surface area contributed by atoms with E-state index in [-0.39, 0.29) is 5.91 Å². The lowest BCUT2D eigenvalue weighted by atomic mass is 10.1. The van der Waals surface area contributed by atoms with Crippen molar-refractivity contribution in [2.45, 2.75) is 24.6 Å². The highest BCUT2D eigenvalue weighted by Gasteiger charge is 2.17. The number of ether oxygens (including phenoxy) is 2. The van der Waals surface area contributed by atoms with Crippen LogP contribution in [0.15, 0.2) is 18.2 Å². The molecule has 0 spiro atoms. The second-order valence-corrected chi connectivity index (χ2v) is 5.78. The van der Waals surface area contributed by atoms with Crippen LogP contribution in [-0.2, 0) is 0 Å². The van der Waals surface area contributed by atoms with Crippen LogP contribution in [0.2, 0.25) is 0 Å². The lowest BCUT2D eigenvalue weighted by Gasteiger charge is -2.13. The maximum atomic E-state index is 12.2. The molecule has 1 rings (SSSR count). The zero-order chi connectivity index (χ0) is 14.3. The fourth-order valence-corrected chi connectivity index (χ4v) is 2.07. The van der Waals surface area contributed by atoms with Crippen LogP contribution in [0.1, 0.15) is 30.1 Å². The molecule has 1 aromatic rings. The van der Waals surface area contributed by atoms with Crippen molar-refractivity contribution in [1.82, 2.24) is 5.32 Å². The summed E-state index contributed by atoms with van der Waals surface area (Å²) in [6.07, 6.45) is 1.94. The standard InChI is InChI=1S/C14H20BrNO3/c1-10(15)6-5-9-16-14(17)13-11(18-2)7-4-8-12(13)19-3/h4,7-8,10H,5-6,9H2,1-3H3,(H,16,17). The number of nitrogens with one attached hydrogen (secondary N) is 1. The van der Waals surface area contributed by atoms with E-state index < -0.39 is 0 Å². The van der Waals surface area contributed by atoms with Gasteiger partial charge in [0.2, 0.25) is 0 Å². The van der Waals surface area contributed by atoms with Gasteiger partial charge < -0.3 is 14.8 Å². The molecule has 0 saturated heterocycles. The van der Waals surface area contributed by atoms with Gasteiger partial charge in [0.1, 0.15) is 17.1 Å². The van der Waals surface area contributed by atoms with Gasteiger partial charge in [-0.05, 0) is 25.0 Å². The number of amides is 1. The molecule has 4 nitrogen and oxygen atoms in total. The van der Waals surface area contributed by atoms with Gasteiger partial charge in [0.25, 0.3) is 5.91 Å². The molecule has 1 aromatic carbocycles. The molecule has 19 heavy (non-hydrogen) atoms. The first-order chi connectivity index (χ1) is 9.10. The third-order valence-corrected chi connectivity index (χ3v) is 3.18. The molecule has 0 radical (unpaired) electrons. The van der Waals surface area contributed by atoms with E-state index in [9.17, 15) is 4.79 Å². The van der Waals surface area contributed by atoms with Crippen LogP contribution in [0.4, 0.5) is 0 Å².